The first-order valence-corrected chi connectivity index (χ1v) is 8.61. The summed E-state index contributed by atoms with van der Waals surface area (Å²) in [7, 11) is 1.63. The van der Waals surface area contributed by atoms with Gasteiger partial charge >= 0.3 is 0 Å². The number of fused-ring (bicyclic) bond motifs is 3. The molecule has 0 saturated heterocycles. The third-order valence-electron chi connectivity index (χ3n) is 4.61. The van der Waals surface area contributed by atoms with E-state index in [1.807, 2.05) is 18.2 Å². The number of amides is 1. The summed E-state index contributed by atoms with van der Waals surface area (Å²) in [6.45, 7) is 0.567. The quantitative estimate of drug-likeness (QED) is 0.534. The maximum Gasteiger partial charge on any atom is 0.255 e. The molecule has 1 aliphatic heterocycles. The molecule has 6 heteroatoms. The molecule has 2 aromatic carbocycles. The summed E-state index contributed by atoms with van der Waals surface area (Å²) in [5.74, 6) is 1.20. The van der Waals surface area contributed by atoms with E-state index in [2.05, 4.69) is 4.98 Å². The molecule has 0 unspecified atom stereocenters. The Morgan fingerprint density at radius 2 is 2.04 bits per heavy atom. The number of aliphatic hydroxyl groups excluding tert-OH is 1. The lowest BCUT2D eigenvalue weighted by Crippen LogP contribution is -2.27. The van der Waals surface area contributed by atoms with Crippen molar-refractivity contribution in [1.29, 1.82) is 0 Å². The van der Waals surface area contributed by atoms with Gasteiger partial charge in [0.2, 0.25) is 0 Å². The monoisotopic (exact) mass is 368 g/mol. The van der Waals surface area contributed by atoms with Gasteiger partial charge in [-0.1, -0.05) is 11.6 Å². The molecule has 0 saturated carbocycles. The Kier molecular flexibility index (Phi) is 4.09. The number of nitrogens with zero attached hydrogens (tertiary/aromatic N) is 1. The Labute approximate surface area is 155 Å². The van der Waals surface area contributed by atoms with E-state index in [4.69, 9.17) is 16.3 Å². The van der Waals surface area contributed by atoms with Gasteiger partial charge in [0.1, 0.15) is 17.3 Å². The fourth-order valence-corrected chi connectivity index (χ4v) is 3.40. The highest BCUT2D eigenvalue weighted by atomic mass is 35.5. The second-order valence-electron chi connectivity index (χ2n) is 6.14. The largest absolute Gasteiger partial charge is 0.507 e. The van der Waals surface area contributed by atoms with Gasteiger partial charge in [-0.25, -0.2) is 0 Å². The van der Waals surface area contributed by atoms with Gasteiger partial charge in [-0.05, 0) is 48.9 Å². The van der Waals surface area contributed by atoms with Crippen molar-refractivity contribution in [3.63, 3.8) is 0 Å². The van der Waals surface area contributed by atoms with Crippen molar-refractivity contribution in [1.82, 2.24) is 4.98 Å². The zero-order chi connectivity index (χ0) is 18.3. The van der Waals surface area contributed by atoms with Gasteiger partial charge in [0.25, 0.3) is 5.91 Å². The second kappa shape index (κ2) is 6.42. The molecule has 0 radical (unpaired) electrons. The standard InChI is InChI=1S/C20H17ClN2O3/c1-26-14-6-7-17-16(10-14)15-8-9-23(20(15)22-17)19(25)11-18(24)12-2-4-13(21)5-3-12/h2-7,10-11,22,24H,8-9H2,1H3/b18-11-. The van der Waals surface area contributed by atoms with E-state index < -0.39 is 0 Å². The number of aliphatic hydroxyl groups is 1. The van der Waals surface area contributed by atoms with Crippen molar-refractivity contribution < 1.29 is 14.6 Å². The number of rotatable bonds is 3. The molecule has 0 atom stereocenters. The zero-order valence-corrected chi connectivity index (χ0v) is 14.9. The summed E-state index contributed by atoms with van der Waals surface area (Å²) in [6.07, 6.45) is 1.99. The number of methoxy groups -OCH3 is 1. The Balaban J connectivity index is 1.65. The molecule has 4 rings (SSSR count). The minimum atomic E-state index is -0.269. The Morgan fingerprint density at radius 3 is 2.77 bits per heavy atom. The molecule has 0 bridgehead atoms. The van der Waals surface area contributed by atoms with Gasteiger partial charge in [0, 0.05) is 39.7 Å². The van der Waals surface area contributed by atoms with Gasteiger partial charge < -0.3 is 14.8 Å². The molecule has 5 nitrogen and oxygen atoms in total. The highest BCUT2D eigenvalue weighted by Crippen LogP contribution is 2.36. The van der Waals surface area contributed by atoms with E-state index >= 15 is 0 Å². The average Bonchev–Trinajstić information content (AvgIpc) is 3.20. The predicted octanol–water partition coefficient (Wildman–Crippen LogP) is 4.32. The smallest absolute Gasteiger partial charge is 0.255 e. The number of carbonyl (C=O) groups is 1. The van der Waals surface area contributed by atoms with Crippen molar-refractivity contribution in [2.75, 3.05) is 18.6 Å². The number of nitrogens with one attached hydrogen (secondary N) is 1. The number of hydrogen-bond donors (Lipinski definition) is 2. The lowest BCUT2D eigenvalue weighted by Gasteiger charge is -2.14. The van der Waals surface area contributed by atoms with E-state index in [1.54, 1.807) is 36.3 Å². The minimum absolute atomic E-state index is 0.0853. The molecule has 1 aliphatic rings. The number of benzene rings is 2. The molecular formula is C20H17ClN2O3. The Bertz CT molecular complexity index is 1020. The normalized spacial score (nSPS) is 13.9. The van der Waals surface area contributed by atoms with Crippen LogP contribution in [-0.2, 0) is 11.2 Å². The van der Waals surface area contributed by atoms with Crippen molar-refractivity contribution in [2.45, 2.75) is 6.42 Å². The molecule has 26 heavy (non-hydrogen) atoms. The number of H-pyrrole nitrogens is 1. The number of carbonyl (C=O) groups excluding carboxylic acids is 1. The molecular weight excluding hydrogens is 352 g/mol. The van der Waals surface area contributed by atoms with Crippen LogP contribution in [0.3, 0.4) is 0 Å². The summed E-state index contributed by atoms with van der Waals surface area (Å²) in [6, 6.07) is 12.5. The summed E-state index contributed by atoms with van der Waals surface area (Å²) in [5, 5.41) is 11.9. The highest BCUT2D eigenvalue weighted by molar-refractivity contribution is 6.30. The SMILES string of the molecule is COc1ccc2[nH]c3c(c2c1)CCN3C(=O)/C=C(\O)c1ccc(Cl)cc1. The molecule has 0 spiro atoms. The Morgan fingerprint density at radius 1 is 1.27 bits per heavy atom. The van der Waals surface area contributed by atoms with Crippen molar-refractivity contribution in [2.24, 2.45) is 0 Å². The number of ether oxygens (including phenoxy) is 1. The molecule has 1 aromatic heterocycles. The summed E-state index contributed by atoms with van der Waals surface area (Å²) < 4.78 is 5.29. The summed E-state index contributed by atoms with van der Waals surface area (Å²) >= 11 is 5.85. The van der Waals surface area contributed by atoms with E-state index in [9.17, 15) is 9.90 Å². The van der Waals surface area contributed by atoms with Crippen LogP contribution in [-0.4, -0.2) is 29.7 Å². The van der Waals surface area contributed by atoms with E-state index in [1.165, 1.54) is 6.08 Å². The minimum Gasteiger partial charge on any atom is -0.507 e. The predicted molar refractivity (Wildman–Crippen MR) is 103 cm³/mol. The van der Waals surface area contributed by atoms with Gasteiger partial charge in [0.05, 0.1) is 7.11 Å². The lowest BCUT2D eigenvalue weighted by atomic mass is 10.1. The van der Waals surface area contributed by atoms with Crippen LogP contribution in [0.5, 0.6) is 5.75 Å². The van der Waals surface area contributed by atoms with Gasteiger partial charge in [-0.2, -0.15) is 0 Å². The summed E-state index contributed by atoms with van der Waals surface area (Å²) in [4.78, 5) is 17.6. The zero-order valence-electron chi connectivity index (χ0n) is 14.1. The first-order chi connectivity index (χ1) is 12.6. The molecule has 132 valence electrons. The second-order valence-corrected chi connectivity index (χ2v) is 6.58. The first-order valence-electron chi connectivity index (χ1n) is 8.23. The van der Waals surface area contributed by atoms with Crippen LogP contribution in [0.4, 0.5) is 5.82 Å². The molecule has 1 amide bonds. The maximum absolute atomic E-state index is 12.7. The first kappa shape index (κ1) is 16.5. The highest BCUT2D eigenvalue weighted by Gasteiger charge is 2.28. The van der Waals surface area contributed by atoms with Crippen molar-refractivity contribution in [3.8, 4) is 5.75 Å². The van der Waals surface area contributed by atoms with Crippen LogP contribution in [0.1, 0.15) is 11.1 Å². The molecule has 0 aliphatic carbocycles. The number of anilines is 1. The van der Waals surface area contributed by atoms with Gasteiger partial charge in [-0.3, -0.25) is 9.69 Å². The van der Waals surface area contributed by atoms with Crippen LogP contribution in [0, 0.1) is 0 Å². The maximum atomic E-state index is 12.7. The fourth-order valence-electron chi connectivity index (χ4n) is 3.28. The number of aromatic amines is 1. The number of hydrogen-bond acceptors (Lipinski definition) is 3. The van der Waals surface area contributed by atoms with Crippen LogP contribution in [0.15, 0.2) is 48.5 Å². The number of aromatic nitrogens is 1. The topological polar surface area (TPSA) is 65.6 Å². The number of halogens is 1. The fraction of sp³-hybridized carbons (Fsp3) is 0.150. The van der Waals surface area contributed by atoms with E-state index in [0.717, 1.165) is 34.5 Å². The van der Waals surface area contributed by atoms with Gasteiger partial charge in [0.15, 0.2) is 0 Å². The van der Waals surface area contributed by atoms with E-state index in [-0.39, 0.29) is 11.7 Å². The van der Waals surface area contributed by atoms with E-state index in [0.29, 0.717) is 17.1 Å². The Hall–Kier alpha value is -2.92. The lowest BCUT2D eigenvalue weighted by molar-refractivity contribution is -0.114. The van der Waals surface area contributed by atoms with Crippen molar-refractivity contribution >= 4 is 40.0 Å². The van der Waals surface area contributed by atoms with Crippen LogP contribution < -0.4 is 9.64 Å². The van der Waals surface area contributed by atoms with Crippen LogP contribution in [0.25, 0.3) is 16.7 Å². The average molecular weight is 369 g/mol. The van der Waals surface area contributed by atoms with Gasteiger partial charge in [-0.15, -0.1) is 0 Å². The molecule has 0 fully saturated rings. The molecule has 2 N–H and O–H groups in total. The molecule has 3 aromatic rings. The van der Waals surface area contributed by atoms with Crippen LogP contribution >= 0.6 is 11.6 Å². The third-order valence-corrected chi connectivity index (χ3v) is 4.86. The summed E-state index contributed by atoms with van der Waals surface area (Å²) in [5.41, 5.74) is 2.59. The van der Waals surface area contributed by atoms with Crippen molar-refractivity contribution in [3.05, 3.63) is 64.7 Å². The molecule has 2 heterocycles. The van der Waals surface area contributed by atoms with Crippen LogP contribution in [0.2, 0.25) is 5.02 Å². The third kappa shape index (κ3) is 2.80.